The molecule has 0 amide bonds. The molecule has 0 N–H and O–H groups in total. The summed E-state index contributed by atoms with van der Waals surface area (Å²) in [7, 11) is 19.6. The quantitative estimate of drug-likeness (QED) is 0.171. The normalized spacial score (nSPS) is 15.8. The molecule has 0 bridgehead atoms. The van der Waals surface area contributed by atoms with Gasteiger partial charge in [0.15, 0.2) is 0 Å². The Morgan fingerprint density at radius 3 is 0.952 bits per heavy atom. The van der Waals surface area contributed by atoms with Gasteiger partial charge < -0.3 is 19.6 Å². The monoisotopic (exact) mass is 1630 g/mol. The smallest absolute Gasteiger partial charge is 0.0243 e. The average molecular weight is 1630 g/mol. The third-order valence-corrected chi connectivity index (χ3v) is 25.7. The topological polar surface area (TPSA) is 29.2 Å². The first kappa shape index (κ1) is 86.2. The largest absolute Gasteiger partial charge is 0.302 e. The predicted octanol–water partition coefficient (Wildman–Crippen LogP) is 23.5. The van der Waals surface area contributed by atoms with Crippen molar-refractivity contribution in [1.29, 1.82) is 0 Å². The van der Waals surface area contributed by atoms with Crippen LogP contribution in [0.1, 0.15) is 100 Å². The first-order valence-corrected chi connectivity index (χ1v) is 45.0. The highest BCUT2D eigenvalue weighted by Crippen LogP contribution is 2.34. The fraction of sp³-hybridized carbons (Fsp3) is 0.270. The summed E-state index contributed by atoms with van der Waals surface area (Å²) in [6, 6.07) is 118. The van der Waals surface area contributed by atoms with Crippen LogP contribution in [0.15, 0.2) is 328 Å². The van der Waals surface area contributed by atoms with Crippen LogP contribution in [0, 0.1) is 0 Å². The molecular formula is C115H125N9. The second kappa shape index (κ2) is 41.5. The van der Waals surface area contributed by atoms with Crippen molar-refractivity contribution >= 4 is 64.6 Å². The van der Waals surface area contributed by atoms with Crippen molar-refractivity contribution in [3.05, 3.63) is 428 Å². The molecule has 630 valence electrons. The number of nitrogens with zero attached hydrogens (tertiary/aromatic N) is 9. The SMILES string of the molecule is CN(Cc1ccccc1)Cc1ccccc1.CN1CCc2c(ccc3ccccc23)C1.CN1CCc2cc3ccccc3cc2C1.CN1CCc2ccc3ccccc3c2C1.CN1CCc2ccccc2C1.CN1Cc2cc3ccccc3cc2C1.CN1Cc2ccc3ccccc3c2C1.CN1Cc2cccc3cccc(c23)C1.CN1Cc2ccccc2C1. The fourth-order valence-electron chi connectivity index (χ4n) is 19.3. The van der Waals surface area contributed by atoms with Crippen LogP contribution < -0.4 is 0 Å². The Morgan fingerprint density at radius 2 is 0.468 bits per heavy atom. The van der Waals surface area contributed by atoms with Crippen molar-refractivity contribution < 1.29 is 0 Å². The summed E-state index contributed by atoms with van der Waals surface area (Å²) in [5.74, 6) is 0. The average Bonchev–Trinajstić information content (AvgIpc) is 1.48. The van der Waals surface area contributed by atoms with Gasteiger partial charge in [0.2, 0.25) is 0 Å². The van der Waals surface area contributed by atoms with E-state index in [9.17, 15) is 0 Å². The minimum absolute atomic E-state index is 0.996. The van der Waals surface area contributed by atoms with Crippen molar-refractivity contribution in [2.75, 3.05) is 89.6 Å². The summed E-state index contributed by atoms with van der Waals surface area (Å²) < 4.78 is 0. The Morgan fingerprint density at radius 1 is 0.194 bits per heavy atom. The van der Waals surface area contributed by atoms with Crippen LogP contribution in [0.5, 0.6) is 0 Å². The molecule has 0 atom stereocenters. The van der Waals surface area contributed by atoms with Crippen molar-refractivity contribution in [2.24, 2.45) is 0 Å². The molecule has 9 heteroatoms. The molecule has 124 heavy (non-hydrogen) atoms. The Bertz CT molecular complexity index is 6080. The minimum atomic E-state index is 0.996. The molecule has 16 aromatic carbocycles. The Hall–Kier alpha value is -11.3. The van der Waals surface area contributed by atoms with Crippen molar-refractivity contribution in [3.63, 3.8) is 0 Å². The standard InChI is InChI=1S/C15H17N.3C14H15N.3C13H13N.C10H13N.C9H11N/c1-16(12-14-8-4-2-5-9-14)13-15-10-6-3-7-11-15;1-15-7-6-13-8-11-4-2-3-5-12(11)9-14(13)10-15;1-15-9-8-14-12(10-15)7-6-11-4-2-3-5-13(11)14;1-15-9-8-12-7-6-11-4-2-3-5-13(11)14(12)10-15;1-14-8-11-6-2-4-10-5-3-7-12(9-14)13(10)11;1-14-8-12-6-10-4-2-3-5-11(10)7-13(12)9-14;1-14-8-11-7-6-10-4-2-3-5-12(10)13(11)9-14;1-11-7-6-9-4-2-3-5-10(9)8-11;1-10-6-8-4-2-3-5-9(8)7-10/h2-11H,12-13H2,1H3;2-5,8-9H,6-7,10H2,1H3;2*2-7H,8-10H2,1H3;3*2-7H,8-9H2,1H3;2-5H,6-8H2,1H3;2-5H,6-7H2,1H3. The van der Waals surface area contributed by atoms with E-state index in [1.54, 1.807) is 5.56 Å². The molecule has 9 nitrogen and oxygen atoms in total. The summed E-state index contributed by atoms with van der Waals surface area (Å²) in [6.07, 6.45) is 4.78. The van der Waals surface area contributed by atoms with E-state index in [1.165, 1.54) is 211 Å². The van der Waals surface area contributed by atoms with Gasteiger partial charge in [-0.1, -0.05) is 309 Å². The van der Waals surface area contributed by atoms with Gasteiger partial charge in [0.1, 0.15) is 0 Å². The molecule has 24 rings (SSSR count). The zero-order valence-electron chi connectivity index (χ0n) is 74.8. The molecule has 0 radical (unpaired) electrons. The number of fused-ring (bicyclic) bond motifs is 15. The minimum Gasteiger partial charge on any atom is -0.302 e. The molecule has 0 saturated heterocycles. The summed E-state index contributed by atoms with van der Waals surface area (Å²) in [5.41, 5.74) is 26.8. The molecular weight excluding hydrogens is 1510 g/mol. The predicted molar refractivity (Wildman–Crippen MR) is 525 cm³/mol. The van der Waals surface area contributed by atoms with E-state index in [1.807, 2.05) is 0 Å². The van der Waals surface area contributed by atoms with Gasteiger partial charge in [0, 0.05) is 118 Å². The van der Waals surface area contributed by atoms with Crippen LogP contribution >= 0.6 is 0 Å². The van der Waals surface area contributed by atoms with Gasteiger partial charge in [0.25, 0.3) is 0 Å². The van der Waals surface area contributed by atoms with Crippen LogP contribution in [0.4, 0.5) is 0 Å². The number of benzene rings is 16. The molecule has 0 aromatic heterocycles. The Labute approximate surface area is 738 Å². The van der Waals surface area contributed by atoms with E-state index in [2.05, 4.69) is 435 Å². The highest BCUT2D eigenvalue weighted by Gasteiger charge is 2.22. The van der Waals surface area contributed by atoms with Gasteiger partial charge in [-0.2, -0.15) is 0 Å². The zero-order valence-corrected chi connectivity index (χ0v) is 74.8. The van der Waals surface area contributed by atoms with Crippen LogP contribution in [0.3, 0.4) is 0 Å². The molecule has 8 heterocycles. The molecule has 8 aliphatic rings. The van der Waals surface area contributed by atoms with Gasteiger partial charge in [-0.05, 0) is 272 Å². The van der Waals surface area contributed by atoms with Crippen LogP contribution in [0.2, 0.25) is 0 Å². The number of hydrogen-bond donors (Lipinski definition) is 0. The van der Waals surface area contributed by atoms with Gasteiger partial charge in [-0.15, -0.1) is 0 Å². The van der Waals surface area contributed by atoms with E-state index in [0.717, 1.165) is 91.6 Å². The van der Waals surface area contributed by atoms with Gasteiger partial charge in [-0.3, -0.25) is 24.5 Å². The lowest BCUT2D eigenvalue weighted by molar-refractivity contribution is 0.313. The maximum atomic E-state index is 2.40. The number of rotatable bonds is 4. The van der Waals surface area contributed by atoms with E-state index in [0.29, 0.717) is 0 Å². The van der Waals surface area contributed by atoms with Crippen molar-refractivity contribution in [1.82, 2.24) is 44.1 Å². The first-order chi connectivity index (χ1) is 60.6. The molecule has 0 fully saturated rings. The second-order valence-corrected chi connectivity index (χ2v) is 36.0. The number of hydrogen-bond acceptors (Lipinski definition) is 9. The molecule has 8 aliphatic heterocycles. The summed E-state index contributed by atoms with van der Waals surface area (Å²) >= 11 is 0. The summed E-state index contributed by atoms with van der Waals surface area (Å²) in [4.78, 5) is 21.2. The third kappa shape index (κ3) is 22.3. The molecule has 16 aromatic rings. The highest BCUT2D eigenvalue weighted by molar-refractivity contribution is 5.91. The molecule has 0 aliphatic carbocycles. The van der Waals surface area contributed by atoms with Crippen LogP contribution in [-0.2, 0) is 117 Å². The van der Waals surface area contributed by atoms with E-state index in [4.69, 9.17) is 0 Å². The molecule has 0 saturated carbocycles. The van der Waals surface area contributed by atoms with Crippen molar-refractivity contribution in [3.8, 4) is 0 Å². The third-order valence-electron chi connectivity index (χ3n) is 25.7. The maximum absolute atomic E-state index is 2.40. The Kier molecular flexibility index (Phi) is 28.8. The van der Waals surface area contributed by atoms with Crippen LogP contribution in [-0.4, -0.2) is 134 Å². The lowest BCUT2D eigenvalue weighted by atomic mass is 9.94. The van der Waals surface area contributed by atoms with Crippen molar-refractivity contribution in [2.45, 2.75) is 117 Å². The fourth-order valence-corrected chi connectivity index (χ4v) is 19.3. The second-order valence-electron chi connectivity index (χ2n) is 36.0. The molecule has 0 unspecified atom stereocenters. The zero-order chi connectivity index (χ0) is 85.3. The highest BCUT2D eigenvalue weighted by atomic mass is 15.1. The van der Waals surface area contributed by atoms with Gasteiger partial charge in [-0.25, -0.2) is 0 Å². The van der Waals surface area contributed by atoms with Crippen LogP contribution in [0.25, 0.3) is 64.6 Å². The van der Waals surface area contributed by atoms with Gasteiger partial charge in [0.05, 0.1) is 0 Å². The lowest BCUT2D eigenvalue weighted by Gasteiger charge is -2.26. The Balaban J connectivity index is 0.000000103. The van der Waals surface area contributed by atoms with E-state index in [-0.39, 0.29) is 0 Å². The number of likely N-dealkylation sites (N-methyl/N-ethyl adjacent to an activating group) is 4. The maximum Gasteiger partial charge on any atom is 0.0243 e. The first-order valence-electron chi connectivity index (χ1n) is 45.0. The summed E-state index contributed by atoms with van der Waals surface area (Å²) in [6.45, 7) is 19.9. The summed E-state index contributed by atoms with van der Waals surface area (Å²) in [5, 5.41) is 16.7. The van der Waals surface area contributed by atoms with Gasteiger partial charge >= 0.3 is 0 Å². The van der Waals surface area contributed by atoms with E-state index < -0.39 is 0 Å². The molecule has 0 spiro atoms. The lowest BCUT2D eigenvalue weighted by Crippen LogP contribution is -2.26. The van der Waals surface area contributed by atoms with E-state index >= 15 is 0 Å².